The molecule has 254 valence electrons. The Balaban J connectivity index is 0.00000360. The third kappa shape index (κ3) is 4.60. The second-order valence-corrected chi connectivity index (χ2v) is 14.1. The number of rotatable bonds is 5. The summed E-state index contributed by atoms with van der Waals surface area (Å²) in [4.78, 5) is 9.75. The SMILES string of the molecule is Cc1ccnc(-n2c3[c-]c(C4(c5[c-]c(N6CN(C(C)C)c7ccccc76)ccc5)c5ccccc5-c5ccccc54)ccc3c3ccccc32)c1.[Pt+2]. The van der Waals surface area contributed by atoms with Gasteiger partial charge in [-0.3, -0.25) is 0 Å². The molecule has 0 N–H and O–H groups in total. The minimum Gasteiger partial charge on any atom is -0.349 e. The molecule has 1 aliphatic carbocycles. The number of benzene rings is 6. The summed E-state index contributed by atoms with van der Waals surface area (Å²) in [7, 11) is 0. The predicted molar refractivity (Wildman–Crippen MR) is 209 cm³/mol. The van der Waals surface area contributed by atoms with Crippen LogP contribution in [-0.4, -0.2) is 22.3 Å². The molecule has 6 aromatic carbocycles. The Bertz CT molecular complexity index is 2610. The molecule has 0 saturated heterocycles. The van der Waals surface area contributed by atoms with E-state index < -0.39 is 5.41 Å². The molecule has 0 saturated carbocycles. The summed E-state index contributed by atoms with van der Waals surface area (Å²) in [5, 5.41) is 2.35. The molecule has 0 amide bonds. The number of nitrogens with zero attached hydrogens (tertiary/aromatic N) is 4. The summed E-state index contributed by atoms with van der Waals surface area (Å²) < 4.78 is 2.28. The molecule has 0 spiro atoms. The Morgan fingerprint density at radius 3 is 2.08 bits per heavy atom. The summed E-state index contributed by atoms with van der Waals surface area (Å²) in [6.45, 7) is 7.43. The number of anilines is 3. The first kappa shape index (κ1) is 32.5. The van der Waals surface area contributed by atoms with Gasteiger partial charge in [0.15, 0.2) is 0 Å². The van der Waals surface area contributed by atoms with Crippen molar-refractivity contribution in [1.82, 2.24) is 9.55 Å². The molecule has 1 aliphatic heterocycles. The second-order valence-electron chi connectivity index (χ2n) is 14.1. The van der Waals surface area contributed by atoms with E-state index in [0.717, 1.165) is 45.7 Å². The monoisotopic (exact) mass is 851 g/mol. The van der Waals surface area contributed by atoms with Gasteiger partial charge < -0.3 is 14.4 Å². The molecule has 52 heavy (non-hydrogen) atoms. The molecule has 0 bridgehead atoms. The molecule has 2 aromatic heterocycles. The fraction of sp³-hybridized carbons (Fsp3) is 0.128. The molecule has 0 unspecified atom stereocenters. The maximum absolute atomic E-state index is 4.88. The van der Waals surface area contributed by atoms with Crippen molar-refractivity contribution in [2.75, 3.05) is 16.5 Å². The largest absolute Gasteiger partial charge is 2.00 e. The summed E-state index contributed by atoms with van der Waals surface area (Å²) in [6, 6.07) is 59.1. The Hall–Kier alpha value is -5.44. The van der Waals surface area contributed by atoms with E-state index in [1.807, 2.05) is 6.20 Å². The maximum atomic E-state index is 4.88. The Morgan fingerprint density at radius 2 is 1.33 bits per heavy atom. The predicted octanol–water partition coefficient (Wildman–Crippen LogP) is 10.8. The van der Waals surface area contributed by atoms with E-state index in [9.17, 15) is 0 Å². The van der Waals surface area contributed by atoms with Crippen molar-refractivity contribution in [2.24, 2.45) is 0 Å². The fourth-order valence-electron chi connectivity index (χ4n) is 8.67. The summed E-state index contributed by atoms with van der Waals surface area (Å²) in [5.41, 5.74) is 13.4. The van der Waals surface area contributed by atoms with E-state index in [-0.39, 0.29) is 21.1 Å². The van der Waals surface area contributed by atoms with Gasteiger partial charge in [0.05, 0.1) is 18.0 Å². The fourth-order valence-corrected chi connectivity index (χ4v) is 8.67. The van der Waals surface area contributed by atoms with Crippen LogP contribution in [0.25, 0.3) is 38.8 Å². The van der Waals surface area contributed by atoms with Crippen LogP contribution in [0.3, 0.4) is 0 Å². The van der Waals surface area contributed by atoms with Crippen molar-refractivity contribution < 1.29 is 21.1 Å². The smallest absolute Gasteiger partial charge is 0.349 e. The molecule has 4 nitrogen and oxygen atoms in total. The Morgan fingerprint density at radius 1 is 0.654 bits per heavy atom. The summed E-state index contributed by atoms with van der Waals surface area (Å²) in [6.07, 6.45) is 1.90. The van der Waals surface area contributed by atoms with E-state index >= 15 is 0 Å². The number of pyridine rings is 1. The van der Waals surface area contributed by atoms with Crippen LogP contribution < -0.4 is 9.80 Å². The molecular weight excluding hydrogens is 816 g/mol. The zero-order valence-corrected chi connectivity index (χ0v) is 31.5. The molecule has 8 aromatic rings. The quantitative estimate of drug-likeness (QED) is 0.161. The first-order valence-electron chi connectivity index (χ1n) is 17.8. The van der Waals surface area contributed by atoms with Crippen LogP contribution in [0.5, 0.6) is 0 Å². The number of hydrogen-bond donors (Lipinski definition) is 0. The molecular formula is C47H36N4Pt. The van der Waals surface area contributed by atoms with Crippen LogP contribution >= 0.6 is 0 Å². The normalized spacial score (nSPS) is 14.1. The van der Waals surface area contributed by atoms with Gasteiger partial charge in [-0.15, -0.1) is 22.6 Å². The number of hydrogen-bond acceptors (Lipinski definition) is 3. The van der Waals surface area contributed by atoms with Gasteiger partial charge in [0, 0.05) is 23.2 Å². The average molecular weight is 852 g/mol. The number of para-hydroxylation sites is 3. The number of fused-ring (bicyclic) bond motifs is 7. The Kier molecular flexibility index (Phi) is 7.71. The molecule has 0 fully saturated rings. The summed E-state index contributed by atoms with van der Waals surface area (Å²) in [5.74, 6) is 0.895. The standard InChI is InChI=1S/C47H36N4.Pt/c1-31(2)49-30-50(44-22-11-10-21-43(44)49)35-14-12-13-33(28-35)47(40-18-7-4-15-36(40)37-16-5-8-19-41(37)47)34-23-24-39-38-17-6-9-20-42(38)51(45(39)29-34)46-27-32(3)25-26-48-46;/h4-27,31H,30H2,1-3H3;/q-2;+2. The van der Waals surface area contributed by atoms with Crippen molar-refractivity contribution >= 4 is 38.9 Å². The maximum Gasteiger partial charge on any atom is 2.00 e. The first-order valence-corrected chi connectivity index (χ1v) is 17.8. The van der Waals surface area contributed by atoms with E-state index in [1.165, 1.54) is 44.6 Å². The zero-order valence-electron chi connectivity index (χ0n) is 29.2. The van der Waals surface area contributed by atoms with E-state index in [2.05, 4.69) is 187 Å². The van der Waals surface area contributed by atoms with Gasteiger partial charge in [0.2, 0.25) is 0 Å². The van der Waals surface area contributed by atoms with Crippen molar-refractivity contribution in [3.63, 3.8) is 0 Å². The summed E-state index contributed by atoms with van der Waals surface area (Å²) >= 11 is 0. The van der Waals surface area contributed by atoms with E-state index in [0.29, 0.717) is 6.04 Å². The van der Waals surface area contributed by atoms with Gasteiger partial charge in [0.1, 0.15) is 5.82 Å². The van der Waals surface area contributed by atoms with E-state index in [1.54, 1.807) is 0 Å². The van der Waals surface area contributed by atoms with Crippen LogP contribution in [-0.2, 0) is 26.5 Å². The first-order chi connectivity index (χ1) is 25.0. The van der Waals surface area contributed by atoms with Crippen LogP contribution in [0.4, 0.5) is 17.1 Å². The van der Waals surface area contributed by atoms with Crippen molar-refractivity contribution in [2.45, 2.75) is 32.2 Å². The van der Waals surface area contributed by atoms with Crippen molar-refractivity contribution in [3.8, 4) is 16.9 Å². The van der Waals surface area contributed by atoms with Crippen molar-refractivity contribution in [3.05, 3.63) is 186 Å². The third-order valence-electron chi connectivity index (χ3n) is 10.9. The number of aromatic nitrogens is 2. The van der Waals surface area contributed by atoms with E-state index in [4.69, 9.17) is 4.98 Å². The molecule has 2 aliphatic rings. The average Bonchev–Trinajstić information content (AvgIpc) is 3.82. The van der Waals surface area contributed by atoms with Crippen LogP contribution in [0.1, 0.15) is 41.7 Å². The van der Waals surface area contributed by atoms with Gasteiger partial charge in [-0.1, -0.05) is 90.1 Å². The molecule has 10 rings (SSSR count). The topological polar surface area (TPSA) is 24.3 Å². The number of aryl methyl sites for hydroxylation is 1. The molecule has 3 heterocycles. The minimum absolute atomic E-state index is 0. The van der Waals surface area contributed by atoms with Crippen LogP contribution in [0.15, 0.2) is 146 Å². The molecule has 5 heteroatoms. The second kappa shape index (κ2) is 12.4. The molecule has 0 radical (unpaired) electrons. The molecule has 0 atom stereocenters. The van der Waals surface area contributed by atoms with Gasteiger partial charge in [0.25, 0.3) is 0 Å². The van der Waals surface area contributed by atoms with Crippen molar-refractivity contribution in [1.29, 1.82) is 0 Å². The zero-order chi connectivity index (χ0) is 34.3. The van der Waals surface area contributed by atoms with Gasteiger partial charge in [-0.25, -0.2) is 4.98 Å². The van der Waals surface area contributed by atoms with Gasteiger partial charge >= 0.3 is 21.1 Å². The minimum atomic E-state index is -0.657. The third-order valence-corrected chi connectivity index (χ3v) is 10.9. The Labute approximate surface area is 319 Å². The van der Waals surface area contributed by atoms with Gasteiger partial charge in [-0.05, 0) is 84.3 Å². The van der Waals surface area contributed by atoms with Crippen LogP contribution in [0.2, 0.25) is 0 Å². The van der Waals surface area contributed by atoms with Crippen LogP contribution in [0, 0.1) is 19.1 Å². The van der Waals surface area contributed by atoms with Gasteiger partial charge in [-0.2, -0.15) is 36.4 Å².